The summed E-state index contributed by atoms with van der Waals surface area (Å²) in [5.74, 6) is 1.46. The molecule has 2 heterocycles. The molecular formula is C15H21N2O4+. The molecule has 0 bridgehead atoms. The molecule has 6 heteroatoms. The van der Waals surface area contributed by atoms with Crippen molar-refractivity contribution in [3.8, 4) is 11.5 Å². The van der Waals surface area contributed by atoms with Crippen molar-refractivity contribution >= 4 is 11.6 Å². The number of quaternary nitrogens is 1. The van der Waals surface area contributed by atoms with Gasteiger partial charge in [-0.2, -0.15) is 0 Å². The van der Waals surface area contributed by atoms with Crippen molar-refractivity contribution in [2.24, 2.45) is 0 Å². The Hall–Kier alpha value is -1.79. The van der Waals surface area contributed by atoms with Crippen LogP contribution in [0, 0.1) is 0 Å². The first-order valence-electron chi connectivity index (χ1n) is 7.42. The highest BCUT2D eigenvalue weighted by Crippen LogP contribution is 2.32. The first-order valence-corrected chi connectivity index (χ1v) is 7.42. The van der Waals surface area contributed by atoms with Crippen molar-refractivity contribution in [2.75, 3.05) is 51.4 Å². The van der Waals surface area contributed by atoms with E-state index in [9.17, 15) is 4.79 Å². The summed E-state index contributed by atoms with van der Waals surface area (Å²) in [5, 5.41) is 2.91. The van der Waals surface area contributed by atoms with Gasteiger partial charge in [-0.25, -0.2) is 0 Å². The van der Waals surface area contributed by atoms with E-state index < -0.39 is 0 Å². The maximum atomic E-state index is 12.0. The van der Waals surface area contributed by atoms with Crippen molar-refractivity contribution in [1.29, 1.82) is 0 Å². The summed E-state index contributed by atoms with van der Waals surface area (Å²) in [7, 11) is 0. The summed E-state index contributed by atoms with van der Waals surface area (Å²) < 4.78 is 16.3. The molecular weight excluding hydrogens is 272 g/mol. The van der Waals surface area contributed by atoms with E-state index in [1.165, 1.54) is 4.90 Å². The maximum Gasteiger partial charge on any atom is 0.230 e. The highest BCUT2D eigenvalue weighted by atomic mass is 16.6. The Morgan fingerprint density at radius 1 is 1.10 bits per heavy atom. The van der Waals surface area contributed by atoms with Crippen LogP contribution in [-0.2, 0) is 9.53 Å². The lowest BCUT2D eigenvalue weighted by molar-refractivity contribution is -0.907. The second-order valence-corrected chi connectivity index (χ2v) is 5.27. The lowest BCUT2D eigenvalue weighted by atomic mass is 10.2. The highest BCUT2D eigenvalue weighted by molar-refractivity contribution is 5.91. The number of hydrogen-bond donors (Lipinski definition) is 2. The average Bonchev–Trinajstić information content (AvgIpc) is 2.54. The fourth-order valence-corrected chi connectivity index (χ4v) is 2.54. The van der Waals surface area contributed by atoms with Gasteiger partial charge in [-0.05, 0) is 12.1 Å². The third kappa shape index (κ3) is 3.86. The Morgan fingerprint density at radius 2 is 1.86 bits per heavy atom. The van der Waals surface area contributed by atoms with Gasteiger partial charge in [0.05, 0.1) is 26.2 Å². The second kappa shape index (κ2) is 6.78. The Balaban J connectivity index is 1.50. The smallest absolute Gasteiger partial charge is 0.230 e. The summed E-state index contributed by atoms with van der Waals surface area (Å²) in [6, 6.07) is 5.48. The predicted molar refractivity (Wildman–Crippen MR) is 77.1 cm³/mol. The number of carbonyl (C=O) groups excluding carboxylic acids is 1. The van der Waals surface area contributed by atoms with Gasteiger partial charge in [0, 0.05) is 11.8 Å². The third-order valence-corrected chi connectivity index (χ3v) is 3.73. The van der Waals surface area contributed by atoms with Crippen LogP contribution in [0.3, 0.4) is 0 Å². The Labute approximate surface area is 124 Å². The molecule has 0 aromatic heterocycles. The molecule has 1 fully saturated rings. The average molecular weight is 293 g/mol. The van der Waals surface area contributed by atoms with Gasteiger partial charge in [0.25, 0.3) is 0 Å². The van der Waals surface area contributed by atoms with E-state index in [2.05, 4.69) is 5.32 Å². The van der Waals surface area contributed by atoms with Gasteiger partial charge in [0.15, 0.2) is 11.5 Å². The zero-order valence-corrected chi connectivity index (χ0v) is 12.0. The second-order valence-electron chi connectivity index (χ2n) is 5.27. The van der Waals surface area contributed by atoms with E-state index in [1.54, 1.807) is 0 Å². The van der Waals surface area contributed by atoms with Crippen LogP contribution < -0.4 is 19.7 Å². The minimum absolute atomic E-state index is 0.0330. The molecule has 0 atom stereocenters. The van der Waals surface area contributed by atoms with Crippen molar-refractivity contribution in [3.63, 3.8) is 0 Å². The number of morpholine rings is 1. The lowest BCUT2D eigenvalue weighted by Gasteiger charge is -2.23. The van der Waals surface area contributed by atoms with Crippen LogP contribution in [0.1, 0.15) is 6.42 Å². The third-order valence-electron chi connectivity index (χ3n) is 3.73. The van der Waals surface area contributed by atoms with Crippen LogP contribution in [0.5, 0.6) is 11.5 Å². The topological polar surface area (TPSA) is 61.2 Å². The molecule has 1 amide bonds. The predicted octanol–water partition coefficient (Wildman–Crippen LogP) is -0.298. The van der Waals surface area contributed by atoms with Crippen LogP contribution in [0.15, 0.2) is 18.2 Å². The van der Waals surface area contributed by atoms with Crippen molar-refractivity contribution < 1.29 is 23.9 Å². The number of amides is 1. The van der Waals surface area contributed by atoms with Gasteiger partial charge < -0.3 is 24.4 Å². The zero-order valence-electron chi connectivity index (χ0n) is 12.0. The van der Waals surface area contributed by atoms with Gasteiger partial charge in [0.2, 0.25) is 5.91 Å². The molecule has 0 unspecified atom stereocenters. The molecule has 1 aromatic rings. The molecule has 0 aliphatic carbocycles. The van der Waals surface area contributed by atoms with E-state index >= 15 is 0 Å². The Bertz CT molecular complexity index is 500. The molecule has 1 aromatic carbocycles. The first kappa shape index (κ1) is 14.2. The normalized spacial score (nSPS) is 18.3. The molecule has 6 nitrogen and oxygen atoms in total. The fourth-order valence-electron chi connectivity index (χ4n) is 2.54. The molecule has 3 rings (SSSR count). The SMILES string of the molecule is O=C(CC[NH+]1CCOCC1)Nc1ccc2c(c1)OCCO2. The lowest BCUT2D eigenvalue weighted by Crippen LogP contribution is -3.14. The summed E-state index contributed by atoms with van der Waals surface area (Å²) in [6.07, 6.45) is 0.518. The summed E-state index contributed by atoms with van der Waals surface area (Å²) in [5.41, 5.74) is 0.751. The highest BCUT2D eigenvalue weighted by Gasteiger charge is 2.16. The maximum absolute atomic E-state index is 12.0. The first-order chi connectivity index (χ1) is 10.3. The molecule has 114 valence electrons. The van der Waals surface area contributed by atoms with E-state index in [4.69, 9.17) is 14.2 Å². The quantitative estimate of drug-likeness (QED) is 0.800. The number of rotatable bonds is 4. The van der Waals surface area contributed by atoms with Crippen LogP contribution >= 0.6 is 0 Å². The van der Waals surface area contributed by atoms with Gasteiger partial charge in [-0.1, -0.05) is 0 Å². The van der Waals surface area contributed by atoms with Crippen LogP contribution in [0.2, 0.25) is 0 Å². The zero-order chi connectivity index (χ0) is 14.5. The molecule has 21 heavy (non-hydrogen) atoms. The van der Waals surface area contributed by atoms with E-state index in [0.29, 0.717) is 25.4 Å². The fraction of sp³-hybridized carbons (Fsp3) is 0.533. The van der Waals surface area contributed by atoms with E-state index in [-0.39, 0.29) is 5.91 Å². The van der Waals surface area contributed by atoms with E-state index in [1.807, 2.05) is 18.2 Å². The molecule has 0 saturated carbocycles. The van der Waals surface area contributed by atoms with Gasteiger partial charge in [-0.3, -0.25) is 4.79 Å². The van der Waals surface area contributed by atoms with Crippen molar-refractivity contribution in [3.05, 3.63) is 18.2 Å². The molecule has 0 radical (unpaired) electrons. The molecule has 2 aliphatic rings. The van der Waals surface area contributed by atoms with Crippen LogP contribution in [-0.4, -0.2) is 52.0 Å². The Kier molecular flexibility index (Phi) is 4.57. The van der Waals surface area contributed by atoms with Gasteiger partial charge >= 0.3 is 0 Å². The number of benzene rings is 1. The standard InChI is InChI=1S/C15H20N2O4/c18-15(3-4-17-5-7-19-8-6-17)16-12-1-2-13-14(11-12)21-10-9-20-13/h1-2,11H,3-10H2,(H,16,18)/p+1. The number of ether oxygens (including phenoxy) is 3. The van der Waals surface area contributed by atoms with Crippen molar-refractivity contribution in [1.82, 2.24) is 0 Å². The van der Waals surface area contributed by atoms with E-state index in [0.717, 1.165) is 44.3 Å². The van der Waals surface area contributed by atoms with Crippen molar-refractivity contribution in [2.45, 2.75) is 6.42 Å². The van der Waals surface area contributed by atoms with Crippen LogP contribution in [0.4, 0.5) is 5.69 Å². The van der Waals surface area contributed by atoms with Gasteiger partial charge in [0.1, 0.15) is 26.3 Å². The summed E-state index contributed by atoms with van der Waals surface area (Å²) in [6.45, 7) is 5.51. The summed E-state index contributed by atoms with van der Waals surface area (Å²) in [4.78, 5) is 13.4. The number of fused-ring (bicyclic) bond motifs is 1. The minimum Gasteiger partial charge on any atom is -0.486 e. The largest absolute Gasteiger partial charge is 0.486 e. The minimum atomic E-state index is 0.0330. The Morgan fingerprint density at radius 3 is 2.67 bits per heavy atom. The number of nitrogens with one attached hydrogen (secondary N) is 2. The molecule has 1 saturated heterocycles. The number of anilines is 1. The molecule has 0 spiro atoms. The number of hydrogen-bond acceptors (Lipinski definition) is 4. The molecule has 2 aliphatic heterocycles. The number of carbonyl (C=O) groups is 1. The van der Waals surface area contributed by atoms with Crippen LogP contribution in [0.25, 0.3) is 0 Å². The molecule has 2 N–H and O–H groups in total. The monoisotopic (exact) mass is 293 g/mol. The van der Waals surface area contributed by atoms with Gasteiger partial charge in [-0.15, -0.1) is 0 Å². The summed E-state index contributed by atoms with van der Waals surface area (Å²) >= 11 is 0.